The second-order valence-electron chi connectivity index (χ2n) is 4.58. The van der Waals surface area contributed by atoms with Crippen LogP contribution in [0.15, 0.2) is 29.6 Å². The molecule has 2 heterocycles. The summed E-state index contributed by atoms with van der Waals surface area (Å²) in [7, 11) is 0. The van der Waals surface area contributed by atoms with Crippen molar-refractivity contribution in [1.82, 2.24) is 19.5 Å². The van der Waals surface area contributed by atoms with Crippen molar-refractivity contribution in [3.8, 4) is 0 Å². The van der Waals surface area contributed by atoms with Crippen LogP contribution < -0.4 is 10.9 Å². The van der Waals surface area contributed by atoms with E-state index >= 15 is 0 Å². The van der Waals surface area contributed by atoms with Gasteiger partial charge in [0.25, 0.3) is 5.56 Å². The van der Waals surface area contributed by atoms with Crippen LogP contribution in [0.4, 0.5) is 5.82 Å². The SMILES string of the molecule is Cc1cnc(CNc2nccn(C(C)C)c2=O)cn1. The van der Waals surface area contributed by atoms with Gasteiger partial charge in [0.15, 0.2) is 5.82 Å². The van der Waals surface area contributed by atoms with E-state index in [9.17, 15) is 4.79 Å². The van der Waals surface area contributed by atoms with Crippen molar-refractivity contribution >= 4 is 5.82 Å². The zero-order valence-corrected chi connectivity index (χ0v) is 11.3. The molecule has 0 unspecified atom stereocenters. The van der Waals surface area contributed by atoms with Crippen LogP contribution in [0.2, 0.25) is 0 Å². The lowest BCUT2D eigenvalue weighted by Crippen LogP contribution is -2.25. The quantitative estimate of drug-likeness (QED) is 0.901. The zero-order valence-electron chi connectivity index (χ0n) is 11.3. The Hall–Kier alpha value is -2.24. The van der Waals surface area contributed by atoms with E-state index in [0.29, 0.717) is 12.4 Å². The van der Waals surface area contributed by atoms with E-state index in [-0.39, 0.29) is 11.6 Å². The third kappa shape index (κ3) is 3.15. The summed E-state index contributed by atoms with van der Waals surface area (Å²) in [5.41, 5.74) is 1.51. The van der Waals surface area contributed by atoms with Crippen LogP contribution in [-0.2, 0) is 6.54 Å². The number of hydrogen-bond acceptors (Lipinski definition) is 5. The molecule has 6 nitrogen and oxygen atoms in total. The van der Waals surface area contributed by atoms with Gasteiger partial charge in [-0.05, 0) is 20.8 Å². The van der Waals surface area contributed by atoms with Crippen molar-refractivity contribution < 1.29 is 0 Å². The third-order valence-electron chi connectivity index (χ3n) is 2.70. The number of anilines is 1. The maximum atomic E-state index is 12.1. The minimum Gasteiger partial charge on any atom is -0.360 e. The maximum Gasteiger partial charge on any atom is 0.293 e. The van der Waals surface area contributed by atoms with Crippen molar-refractivity contribution in [3.05, 3.63) is 46.5 Å². The Morgan fingerprint density at radius 3 is 2.68 bits per heavy atom. The van der Waals surface area contributed by atoms with Gasteiger partial charge in [-0.3, -0.25) is 14.8 Å². The molecule has 19 heavy (non-hydrogen) atoms. The van der Waals surface area contributed by atoms with E-state index in [1.807, 2.05) is 20.8 Å². The van der Waals surface area contributed by atoms with E-state index in [2.05, 4.69) is 20.3 Å². The smallest absolute Gasteiger partial charge is 0.293 e. The molecule has 0 amide bonds. The molecule has 0 saturated heterocycles. The first-order chi connectivity index (χ1) is 9.08. The van der Waals surface area contributed by atoms with Crippen molar-refractivity contribution in [2.24, 2.45) is 0 Å². The van der Waals surface area contributed by atoms with Crippen LogP contribution >= 0.6 is 0 Å². The molecule has 0 saturated carbocycles. The normalized spacial score (nSPS) is 10.7. The molecular formula is C13H17N5O. The van der Waals surface area contributed by atoms with Gasteiger partial charge in [-0.25, -0.2) is 4.98 Å². The molecule has 0 atom stereocenters. The van der Waals surface area contributed by atoms with Crippen LogP contribution in [0.5, 0.6) is 0 Å². The lowest BCUT2D eigenvalue weighted by molar-refractivity contribution is 0.575. The van der Waals surface area contributed by atoms with Gasteiger partial charge in [0.2, 0.25) is 0 Å². The molecule has 0 aliphatic rings. The van der Waals surface area contributed by atoms with E-state index in [0.717, 1.165) is 11.4 Å². The topological polar surface area (TPSA) is 72.7 Å². The summed E-state index contributed by atoms with van der Waals surface area (Å²) in [6.07, 6.45) is 6.68. The van der Waals surface area contributed by atoms with Gasteiger partial charge < -0.3 is 9.88 Å². The molecule has 100 valence electrons. The van der Waals surface area contributed by atoms with Crippen LogP contribution in [0, 0.1) is 6.92 Å². The summed E-state index contributed by atoms with van der Waals surface area (Å²) in [5.74, 6) is 0.332. The zero-order chi connectivity index (χ0) is 13.8. The second-order valence-corrected chi connectivity index (χ2v) is 4.58. The Morgan fingerprint density at radius 1 is 1.26 bits per heavy atom. The minimum absolute atomic E-state index is 0.107. The van der Waals surface area contributed by atoms with Gasteiger partial charge in [-0.1, -0.05) is 0 Å². The molecule has 0 aromatic carbocycles. The van der Waals surface area contributed by atoms with Crippen LogP contribution in [0.1, 0.15) is 31.3 Å². The average molecular weight is 259 g/mol. The van der Waals surface area contributed by atoms with Crippen molar-refractivity contribution in [2.45, 2.75) is 33.4 Å². The molecule has 1 N–H and O–H groups in total. The number of aromatic nitrogens is 4. The Balaban J connectivity index is 2.14. The van der Waals surface area contributed by atoms with E-state index in [4.69, 9.17) is 0 Å². The molecule has 0 fully saturated rings. The lowest BCUT2D eigenvalue weighted by atomic mass is 10.4. The minimum atomic E-state index is -0.127. The van der Waals surface area contributed by atoms with E-state index < -0.39 is 0 Å². The second kappa shape index (κ2) is 5.60. The maximum absolute atomic E-state index is 12.1. The summed E-state index contributed by atoms with van der Waals surface area (Å²) in [5, 5.41) is 3.00. The molecule has 0 bridgehead atoms. The highest BCUT2D eigenvalue weighted by Crippen LogP contribution is 2.03. The fourth-order valence-corrected chi connectivity index (χ4v) is 1.64. The van der Waals surface area contributed by atoms with Crippen molar-refractivity contribution in [1.29, 1.82) is 0 Å². The van der Waals surface area contributed by atoms with Gasteiger partial charge in [-0.2, -0.15) is 0 Å². The molecule has 0 radical (unpaired) electrons. The van der Waals surface area contributed by atoms with Crippen LogP contribution in [-0.4, -0.2) is 19.5 Å². The number of aryl methyl sites for hydroxylation is 1. The monoisotopic (exact) mass is 259 g/mol. The van der Waals surface area contributed by atoms with Gasteiger partial charge in [0.05, 0.1) is 24.1 Å². The van der Waals surface area contributed by atoms with Gasteiger partial charge >= 0.3 is 0 Å². The Bertz CT molecular complexity index is 603. The third-order valence-corrected chi connectivity index (χ3v) is 2.70. The van der Waals surface area contributed by atoms with Crippen LogP contribution in [0.25, 0.3) is 0 Å². The molecule has 2 aromatic heterocycles. The summed E-state index contributed by atoms with van der Waals surface area (Å²) in [6, 6.07) is 0.107. The predicted octanol–water partition coefficient (Wildman–Crippen LogP) is 1.53. The first-order valence-corrected chi connectivity index (χ1v) is 6.16. The summed E-state index contributed by atoms with van der Waals surface area (Å²) in [6.45, 7) is 6.22. The molecule has 0 aliphatic heterocycles. The molecule has 6 heteroatoms. The average Bonchev–Trinajstić information content (AvgIpc) is 2.39. The summed E-state index contributed by atoms with van der Waals surface area (Å²) >= 11 is 0. The molecule has 0 spiro atoms. The van der Waals surface area contributed by atoms with Crippen molar-refractivity contribution in [2.75, 3.05) is 5.32 Å². The number of rotatable bonds is 4. The van der Waals surface area contributed by atoms with Gasteiger partial charge in [0.1, 0.15) is 0 Å². The highest BCUT2D eigenvalue weighted by molar-refractivity contribution is 5.31. The number of hydrogen-bond donors (Lipinski definition) is 1. The van der Waals surface area contributed by atoms with Gasteiger partial charge in [-0.15, -0.1) is 0 Å². The lowest BCUT2D eigenvalue weighted by Gasteiger charge is -2.11. The largest absolute Gasteiger partial charge is 0.360 e. The Labute approximate surface area is 111 Å². The fraction of sp³-hybridized carbons (Fsp3) is 0.385. The molecule has 2 rings (SSSR count). The Kier molecular flexibility index (Phi) is 3.89. The fourth-order valence-electron chi connectivity index (χ4n) is 1.64. The summed E-state index contributed by atoms with van der Waals surface area (Å²) < 4.78 is 1.64. The highest BCUT2D eigenvalue weighted by atomic mass is 16.1. The first-order valence-electron chi connectivity index (χ1n) is 6.16. The predicted molar refractivity (Wildman–Crippen MR) is 73.0 cm³/mol. The Morgan fingerprint density at radius 2 is 2.05 bits per heavy atom. The first kappa shape index (κ1) is 13.2. The molecular weight excluding hydrogens is 242 g/mol. The van der Waals surface area contributed by atoms with E-state index in [1.54, 1.807) is 29.4 Å². The highest BCUT2D eigenvalue weighted by Gasteiger charge is 2.07. The van der Waals surface area contributed by atoms with Gasteiger partial charge in [0, 0.05) is 24.6 Å². The number of nitrogens with zero attached hydrogens (tertiary/aromatic N) is 4. The molecule has 2 aromatic rings. The molecule has 0 aliphatic carbocycles. The standard InChI is InChI=1S/C13H17N5O/c1-9(2)18-5-4-14-12(13(18)19)17-8-11-7-15-10(3)6-16-11/h4-7,9H,8H2,1-3H3,(H,14,17). The summed E-state index contributed by atoms with van der Waals surface area (Å²) in [4.78, 5) is 24.5. The van der Waals surface area contributed by atoms with Crippen LogP contribution in [0.3, 0.4) is 0 Å². The van der Waals surface area contributed by atoms with Crippen molar-refractivity contribution in [3.63, 3.8) is 0 Å². The van der Waals surface area contributed by atoms with E-state index in [1.165, 1.54) is 0 Å². The number of nitrogens with one attached hydrogen (secondary N) is 1.